The van der Waals surface area contributed by atoms with Crippen LogP contribution in [-0.4, -0.2) is 40.5 Å². The summed E-state index contributed by atoms with van der Waals surface area (Å²) >= 11 is 0. The molecule has 2 aliphatic rings. The number of hydrogen-bond donors (Lipinski definition) is 2. The van der Waals surface area contributed by atoms with Crippen LogP contribution in [0, 0.1) is 0 Å². The highest BCUT2D eigenvalue weighted by Crippen LogP contribution is 2.44. The summed E-state index contributed by atoms with van der Waals surface area (Å²) in [5.74, 6) is 0.192. The molecule has 0 fully saturated rings. The molecule has 0 unspecified atom stereocenters. The molecule has 1 aromatic heterocycles. The number of amides is 1. The normalized spacial score (nSPS) is 15.2. The van der Waals surface area contributed by atoms with Gasteiger partial charge >= 0.3 is 13.1 Å². The number of carbonyl (C=O) groups excluding carboxylic acids is 1. The van der Waals surface area contributed by atoms with E-state index >= 15 is 8.63 Å². The summed E-state index contributed by atoms with van der Waals surface area (Å²) in [5.41, 5.74) is 14.7. The molecule has 3 heterocycles. The number of carbonyl (C=O) groups is 1. The Morgan fingerprint density at radius 1 is 0.864 bits per heavy atom. The Balaban J connectivity index is 1.64. The number of allylic oxidation sites excluding steroid dienone is 1. The first kappa shape index (κ1) is 28.8. The van der Waals surface area contributed by atoms with Crippen molar-refractivity contribution in [2.75, 3.05) is 28.3 Å². The van der Waals surface area contributed by atoms with E-state index in [-0.39, 0.29) is 34.4 Å². The minimum Gasteiger partial charge on any atom is -0.443 e. The second-order valence-corrected chi connectivity index (χ2v) is 11.8. The van der Waals surface area contributed by atoms with Crippen LogP contribution in [0.15, 0.2) is 109 Å². The fourth-order valence-corrected chi connectivity index (χ4v) is 5.75. The van der Waals surface area contributed by atoms with E-state index in [1.807, 2.05) is 60.7 Å². The van der Waals surface area contributed by atoms with Crippen molar-refractivity contribution in [2.45, 2.75) is 26.4 Å². The van der Waals surface area contributed by atoms with Crippen molar-refractivity contribution in [3.8, 4) is 0 Å². The predicted octanol–water partition coefficient (Wildman–Crippen LogP) is 6.84. The first-order valence-corrected chi connectivity index (χ1v) is 14.2. The predicted molar refractivity (Wildman–Crippen MR) is 173 cm³/mol. The zero-order valence-corrected chi connectivity index (χ0v) is 24.9. The fourth-order valence-electron chi connectivity index (χ4n) is 5.75. The number of nitrogens with two attached hydrogens (primary N) is 2. The number of amidine groups is 1. The lowest BCUT2D eigenvalue weighted by molar-refractivity contribution is -0.362. The van der Waals surface area contributed by atoms with E-state index in [1.54, 1.807) is 50.9 Å². The van der Waals surface area contributed by atoms with Crippen molar-refractivity contribution in [1.82, 2.24) is 4.48 Å². The van der Waals surface area contributed by atoms with Crippen LogP contribution in [0.2, 0.25) is 0 Å². The summed E-state index contributed by atoms with van der Waals surface area (Å²) in [6.07, 6.45) is 2.56. The van der Waals surface area contributed by atoms with Crippen LogP contribution in [0.3, 0.4) is 0 Å². The molecule has 0 spiro atoms. The third kappa shape index (κ3) is 4.90. The zero-order chi connectivity index (χ0) is 31.4. The van der Waals surface area contributed by atoms with E-state index in [1.165, 1.54) is 24.3 Å². The van der Waals surface area contributed by atoms with Gasteiger partial charge in [-0.2, -0.15) is 0 Å². The molecule has 3 aromatic carbocycles. The number of para-hydroxylation sites is 1. The van der Waals surface area contributed by atoms with Gasteiger partial charge in [0.15, 0.2) is 0 Å². The Morgan fingerprint density at radius 3 is 2.09 bits per heavy atom. The Hall–Kier alpha value is -5.32. The van der Waals surface area contributed by atoms with Crippen LogP contribution in [0.4, 0.5) is 42.0 Å². The molecular formula is C33H33BF2N6O2. The molecular weight excluding hydrogens is 561 g/mol. The van der Waals surface area contributed by atoms with Crippen molar-refractivity contribution in [1.29, 1.82) is 0 Å². The quantitative estimate of drug-likeness (QED) is 0.200. The van der Waals surface area contributed by atoms with Gasteiger partial charge in [0.25, 0.3) is 0 Å². The smallest absolute Gasteiger partial charge is 0.443 e. The van der Waals surface area contributed by atoms with Gasteiger partial charge in [0, 0.05) is 28.7 Å². The Kier molecular flexibility index (Phi) is 6.83. The number of halogens is 2. The maximum atomic E-state index is 17.3. The number of nitrogens with zero attached hydrogens (tertiary/aromatic N) is 4. The van der Waals surface area contributed by atoms with Gasteiger partial charge in [0.05, 0.1) is 24.2 Å². The SMILES string of the molecule is CN(C1=[N+]2C(=C(c3ccccc3)c3ccc(N(C(=O)OC(C)(C)C)c4cc(N)cc(N)c4)n3[B-]2(F)F)C=C1)c1ccccc1. The Morgan fingerprint density at radius 2 is 1.48 bits per heavy atom. The molecule has 0 saturated carbocycles. The molecule has 2 aliphatic heterocycles. The first-order valence-electron chi connectivity index (χ1n) is 14.2. The summed E-state index contributed by atoms with van der Waals surface area (Å²) in [6, 6.07) is 26.3. The van der Waals surface area contributed by atoms with Crippen LogP contribution in [0.25, 0.3) is 5.57 Å². The number of benzene rings is 3. The number of nitrogen functional groups attached to an aromatic ring is 2. The highest BCUT2D eigenvalue weighted by molar-refractivity contribution is 6.59. The molecule has 8 nitrogen and oxygen atoms in total. The topological polar surface area (TPSA) is 92.8 Å². The summed E-state index contributed by atoms with van der Waals surface area (Å²) in [4.78, 5) is 16.7. The zero-order valence-electron chi connectivity index (χ0n) is 24.9. The number of hydrogen-bond acceptors (Lipinski definition) is 5. The number of rotatable bonds is 4. The molecule has 6 rings (SSSR count). The molecule has 44 heavy (non-hydrogen) atoms. The van der Waals surface area contributed by atoms with Gasteiger partial charge in [-0.05, 0) is 74.9 Å². The summed E-state index contributed by atoms with van der Waals surface area (Å²) < 4.78 is 42.3. The lowest BCUT2D eigenvalue weighted by atomic mass is 9.86. The summed E-state index contributed by atoms with van der Waals surface area (Å²) in [7, 11) is 1.75. The van der Waals surface area contributed by atoms with E-state index in [0.717, 1.165) is 25.1 Å². The van der Waals surface area contributed by atoms with Gasteiger partial charge in [-0.25, -0.2) is 14.6 Å². The largest absolute Gasteiger partial charge is 0.640 e. The molecule has 0 atom stereocenters. The molecule has 0 radical (unpaired) electrons. The average Bonchev–Trinajstić information content (AvgIpc) is 3.59. The molecule has 0 aliphatic carbocycles. The van der Waals surface area contributed by atoms with Crippen molar-refractivity contribution in [3.63, 3.8) is 0 Å². The first-order chi connectivity index (χ1) is 20.9. The summed E-state index contributed by atoms with van der Waals surface area (Å²) in [5, 5.41) is 0. The number of ether oxygens (including phenoxy) is 1. The Labute approximate surface area is 254 Å². The van der Waals surface area contributed by atoms with Crippen LogP contribution in [-0.2, 0) is 4.74 Å². The highest BCUT2D eigenvalue weighted by atomic mass is 19.2. The molecule has 0 saturated heterocycles. The fraction of sp³-hybridized carbons (Fsp3) is 0.152. The number of likely N-dealkylation sites (N-methyl/N-ethyl adjacent to an activating group) is 1. The maximum Gasteiger partial charge on any atom is 0.640 e. The van der Waals surface area contributed by atoms with Crippen molar-refractivity contribution in [2.24, 2.45) is 0 Å². The van der Waals surface area contributed by atoms with Gasteiger partial charge in [0.2, 0.25) is 5.84 Å². The monoisotopic (exact) mass is 594 g/mol. The molecule has 4 aromatic rings. The lowest BCUT2D eigenvalue weighted by Crippen LogP contribution is -2.54. The van der Waals surface area contributed by atoms with Gasteiger partial charge in [0.1, 0.15) is 11.3 Å². The molecule has 11 heteroatoms. The van der Waals surface area contributed by atoms with E-state index in [2.05, 4.69) is 0 Å². The third-order valence-corrected chi connectivity index (χ3v) is 7.50. The van der Waals surface area contributed by atoms with Crippen molar-refractivity contribution < 1.29 is 22.6 Å². The minimum atomic E-state index is -4.56. The second-order valence-electron chi connectivity index (χ2n) is 11.8. The minimum absolute atomic E-state index is 0.0923. The van der Waals surface area contributed by atoms with E-state index in [0.29, 0.717) is 11.3 Å². The molecule has 224 valence electrons. The van der Waals surface area contributed by atoms with Crippen LogP contribution < -0.4 is 21.3 Å². The molecule has 4 N–H and O–H groups in total. The van der Waals surface area contributed by atoms with Crippen molar-refractivity contribution >= 4 is 53.0 Å². The average molecular weight is 594 g/mol. The van der Waals surface area contributed by atoms with Crippen LogP contribution >= 0.6 is 0 Å². The van der Waals surface area contributed by atoms with Gasteiger partial charge < -0.3 is 33.8 Å². The lowest BCUT2D eigenvalue weighted by Gasteiger charge is -2.39. The van der Waals surface area contributed by atoms with Gasteiger partial charge in [-0.3, -0.25) is 0 Å². The second kappa shape index (κ2) is 10.4. The molecule has 1 amide bonds. The van der Waals surface area contributed by atoms with E-state index in [4.69, 9.17) is 16.2 Å². The third-order valence-electron chi connectivity index (χ3n) is 7.50. The van der Waals surface area contributed by atoms with E-state index in [9.17, 15) is 4.79 Å². The van der Waals surface area contributed by atoms with Crippen LogP contribution in [0.1, 0.15) is 32.0 Å². The number of anilines is 5. The highest BCUT2D eigenvalue weighted by Gasteiger charge is 2.51. The molecule has 0 bridgehead atoms. The maximum absolute atomic E-state index is 17.3. The number of aromatic nitrogens is 1. The van der Waals surface area contributed by atoms with Crippen LogP contribution in [0.5, 0.6) is 0 Å². The standard InChI is InChI=1S/C33H33BF2N6O2/c1-33(2,3)44-32(43)40(26-20-23(37)19-24(38)21-26)30-18-16-28-31(22-11-7-5-8-12-22)27-15-17-29(41(27)34(35,36)42(28)30)39(4)25-13-9-6-10-14-25/h5-21H,37-38H2,1-4H3. The van der Waals surface area contributed by atoms with Crippen molar-refractivity contribution in [3.05, 3.63) is 120 Å². The van der Waals surface area contributed by atoms with Gasteiger partial charge in [-0.15, -0.1) is 0 Å². The van der Waals surface area contributed by atoms with E-state index < -0.39 is 18.7 Å². The number of fused-ring (bicyclic) bond motifs is 2. The summed E-state index contributed by atoms with van der Waals surface area (Å²) in [6.45, 7) is 0.567. The Bertz CT molecular complexity index is 1840. The van der Waals surface area contributed by atoms with Gasteiger partial charge in [-0.1, -0.05) is 48.5 Å².